The second-order valence-electron chi connectivity index (χ2n) is 8.72. The third-order valence-corrected chi connectivity index (χ3v) is 5.95. The fraction of sp³-hybridized carbons (Fsp3) is 0.458. The number of hydrogen-bond acceptors (Lipinski definition) is 5. The molecule has 158 valence electrons. The highest BCUT2D eigenvalue weighted by molar-refractivity contribution is 5.83. The van der Waals surface area contributed by atoms with Crippen molar-refractivity contribution in [2.45, 2.75) is 44.6 Å². The molecule has 0 unspecified atom stereocenters. The van der Waals surface area contributed by atoms with Crippen molar-refractivity contribution < 1.29 is 23.7 Å². The lowest BCUT2D eigenvalue weighted by Gasteiger charge is -2.26. The Bertz CT molecular complexity index is 928. The van der Waals surface area contributed by atoms with Crippen molar-refractivity contribution in [3.8, 4) is 11.5 Å². The molecule has 3 atom stereocenters. The Labute approximate surface area is 176 Å². The molecule has 6 nitrogen and oxygen atoms in total. The van der Waals surface area contributed by atoms with E-state index in [4.69, 9.17) is 18.9 Å². The molecule has 0 spiro atoms. The highest BCUT2D eigenvalue weighted by atomic mass is 16.7. The van der Waals surface area contributed by atoms with Gasteiger partial charge in [-0.3, -0.25) is 4.79 Å². The van der Waals surface area contributed by atoms with E-state index in [2.05, 4.69) is 12.1 Å². The second-order valence-corrected chi connectivity index (χ2v) is 8.72. The van der Waals surface area contributed by atoms with E-state index in [9.17, 15) is 4.79 Å². The Balaban J connectivity index is 1.32. The lowest BCUT2D eigenvalue weighted by atomic mass is 10.1. The summed E-state index contributed by atoms with van der Waals surface area (Å²) < 4.78 is 22.6. The lowest BCUT2D eigenvalue weighted by Crippen LogP contribution is -2.39. The minimum atomic E-state index is -0.607. The molecule has 1 amide bonds. The zero-order valence-electron chi connectivity index (χ0n) is 17.4. The maximum absolute atomic E-state index is 13.5. The highest BCUT2D eigenvalue weighted by Crippen LogP contribution is 2.48. The van der Waals surface area contributed by atoms with Gasteiger partial charge in [-0.2, -0.15) is 0 Å². The molecule has 1 aliphatic carbocycles. The Morgan fingerprint density at radius 3 is 2.67 bits per heavy atom. The summed E-state index contributed by atoms with van der Waals surface area (Å²) in [5, 5.41) is 0. The molecule has 0 bridgehead atoms. The summed E-state index contributed by atoms with van der Waals surface area (Å²) in [5.41, 5.74) is 2.25. The van der Waals surface area contributed by atoms with Crippen LogP contribution in [0.4, 0.5) is 0 Å². The van der Waals surface area contributed by atoms with Crippen LogP contribution in [0, 0.1) is 5.92 Å². The van der Waals surface area contributed by atoms with Crippen LogP contribution in [0.2, 0.25) is 0 Å². The summed E-state index contributed by atoms with van der Waals surface area (Å²) in [6.07, 6.45) is 0.764. The van der Waals surface area contributed by atoms with Gasteiger partial charge in [0.1, 0.15) is 6.10 Å². The molecule has 2 heterocycles. The fourth-order valence-electron chi connectivity index (χ4n) is 4.36. The van der Waals surface area contributed by atoms with Crippen LogP contribution in [0.1, 0.15) is 37.3 Å². The van der Waals surface area contributed by atoms with Gasteiger partial charge < -0.3 is 23.8 Å². The predicted molar refractivity (Wildman–Crippen MR) is 110 cm³/mol. The lowest BCUT2D eigenvalue weighted by molar-refractivity contribution is -0.147. The largest absolute Gasteiger partial charge is 0.454 e. The van der Waals surface area contributed by atoms with Gasteiger partial charge in [0.2, 0.25) is 12.7 Å². The van der Waals surface area contributed by atoms with Gasteiger partial charge in [-0.25, -0.2) is 0 Å². The first-order chi connectivity index (χ1) is 14.5. The molecule has 1 saturated carbocycles. The molecule has 2 aromatic carbocycles. The number of rotatable bonds is 6. The smallest absolute Gasteiger partial charge is 0.231 e. The minimum absolute atomic E-state index is 0.0248. The van der Waals surface area contributed by atoms with Crippen LogP contribution in [0.5, 0.6) is 11.5 Å². The number of hydrogen-bond donors (Lipinski definition) is 0. The summed E-state index contributed by atoms with van der Waals surface area (Å²) in [6.45, 7) is 5.56. The third-order valence-electron chi connectivity index (χ3n) is 5.95. The number of carbonyl (C=O) groups is 1. The van der Waals surface area contributed by atoms with Crippen LogP contribution in [0.15, 0.2) is 48.5 Å². The fourth-order valence-corrected chi connectivity index (χ4v) is 4.36. The molecule has 0 radical (unpaired) electrons. The average Bonchev–Trinajstić information content (AvgIpc) is 3.27. The Kier molecular flexibility index (Phi) is 4.91. The summed E-state index contributed by atoms with van der Waals surface area (Å²) in [6, 6.07) is 16.1. The first-order valence-electron chi connectivity index (χ1n) is 10.5. The number of amides is 1. The molecule has 0 N–H and O–H groups in total. The Morgan fingerprint density at radius 2 is 1.90 bits per heavy atom. The van der Waals surface area contributed by atoms with Gasteiger partial charge in [-0.15, -0.1) is 0 Å². The summed E-state index contributed by atoms with van der Waals surface area (Å²) in [5.74, 6) is 1.37. The van der Waals surface area contributed by atoms with Gasteiger partial charge in [-0.05, 0) is 49.4 Å². The van der Waals surface area contributed by atoms with E-state index >= 15 is 0 Å². The predicted octanol–water partition coefficient (Wildman–Crippen LogP) is 3.70. The van der Waals surface area contributed by atoms with Gasteiger partial charge in [0, 0.05) is 19.0 Å². The normalized spacial score (nSPS) is 25.9. The molecule has 1 saturated heterocycles. The average molecular weight is 409 g/mol. The van der Waals surface area contributed by atoms with E-state index in [1.165, 1.54) is 5.56 Å². The van der Waals surface area contributed by atoms with E-state index in [1.807, 2.05) is 55.1 Å². The Hall–Kier alpha value is -2.57. The first-order valence-corrected chi connectivity index (χ1v) is 10.5. The van der Waals surface area contributed by atoms with Gasteiger partial charge in [0.05, 0.1) is 6.61 Å². The van der Waals surface area contributed by atoms with E-state index in [0.29, 0.717) is 25.6 Å². The van der Waals surface area contributed by atoms with Crippen LogP contribution in [-0.4, -0.2) is 42.6 Å². The highest BCUT2D eigenvalue weighted by Gasteiger charge is 2.46. The van der Waals surface area contributed by atoms with Gasteiger partial charge in [-0.1, -0.05) is 36.4 Å². The van der Waals surface area contributed by atoms with Crippen molar-refractivity contribution in [1.29, 1.82) is 0 Å². The first kappa shape index (κ1) is 19.4. The van der Waals surface area contributed by atoms with E-state index in [-0.39, 0.29) is 24.7 Å². The quantitative estimate of drug-likeness (QED) is 0.728. The molecular formula is C24H27NO5. The zero-order chi connectivity index (χ0) is 20.7. The SMILES string of the molecule is CC1(C)OC[C@@H](CN(Cc2ccc3c(c2)OCO3)C(=O)[C@H]2C[C@H]2c2ccccc2)O1. The monoisotopic (exact) mass is 409 g/mol. The number of ether oxygens (including phenoxy) is 4. The van der Waals surface area contributed by atoms with Crippen LogP contribution in [0.25, 0.3) is 0 Å². The molecule has 2 aliphatic heterocycles. The topological polar surface area (TPSA) is 57.2 Å². The molecule has 2 aromatic rings. The van der Waals surface area contributed by atoms with Crippen LogP contribution < -0.4 is 9.47 Å². The van der Waals surface area contributed by atoms with Crippen molar-refractivity contribution in [1.82, 2.24) is 4.90 Å². The number of nitrogens with zero attached hydrogens (tertiary/aromatic N) is 1. The van der Waals surface area contributed by atoms with Crippen molar-refractivity contribution in [3.63, 3.8) is 0 Å². The summed E-state index contributed by atoms with van der Waals surface area (Å²) >= 11 is 0. The second kappa shape index (κ2) is 7.60. The van der Waals surface area contributed by atoms with Gasteiger partial charge in [0.25, 0.3) is 0 Å². The van der Waals surface area contributed by atoms with Crippen LogP contribution in [0.3, 0.4) is 0 Å². The summed E-state index contributed by atoms with van der Waals surface area (Å²) in [7, 11) is 0. The van der Waals surface area contributed by atoms with Gasteiger partial charge in [0.15, 0.2) is 17.3 Å². The van der Waals surface area contributed by atoms with E-state index < -0.39 is 5.79 Å². The number of carbonyl (C=O) groups excluding carboxylic acids is 1. The standard InChI is InChI=1S/C24H27NO5/c1-24(2)29-14-18(30-24)13-25(12-16-8-9-21-22(10-16)28-15-27-21)23(26)20-11-19(20)17-6-4-3-5-7-17/h3-10,18-20H,11-15H2,1-2H3/t18-,19+,20+/m1/s1. The van der Waals surface area contributed by atoms with E-state index in [1.54, 1.807) is 0 Å². The van der Waals surface area contributed by atoms with Crippen molar-refractivity contribution >= 4 is 5.91 Å². The number of fused-ring (bicyclic) bond motifs is 1. The maximum atomic E-state index is 13.5. The third kappa shape index (κ3) is 4.02. The van der Waals surface area contributed by atoms with Crippen LogP contribution in [-0.2, 0) is 20.8 Å². The molecule has 5 rings (SSSR count). The maximum Gasteiger partial charge on any atom is 0.231 e. The summed E-state index contributed by atoms with van der Waals surface area (Å²) in [4.78, 5) is 15.4. The number of benzene rings is 2. The van der Waals surface area contributed by atoms with Crippen LogP contribution >= 0.6 is 0 Å². The molecule has 6 heteroatoms. The Morgan fingerprint density at radius 1 is 1.10 bits per heavy atom. The van der Waals surface area contributed by atoms with Gasteiger partial charge >= 0.3 is 0 Å². The van der Waals surface area contributed by atoms with Crippen molar-refractivity contribution in [3.05, 3.63) is 59.7 Å². The van der Waals surface area contributed by atoms with E-state index in [0.717, 1.165) is 23.5 Å². The molecular weight excluding hydrogens is 382 g/mol. The minimum Gasteiger partial charge on any atom is -0.454 e. The molecule has 0 aromatic heterocycles. The zero-order valence-corrected chi connectivity index (χ0v) is 17.4. The molecule has 30 heavy (non-hydrogen) atoms. The van der Waals surface area contributed by atoms with Crippen molar-refractivity contribution in [2.75, 3.05) is 19.9 Å². The van der Waals surface area contributed by atoms with Crippen molar-refractivity contribution in [2.24, 2.45) is 5.92 Å². The molecule has 3 aliphatic rings. The molecule has 2 fully saturated rings.